The van der Waals surface area contributed by atoms with Crippen LogP contribution < -0.4 is 5.32 Å². The van der Waals surface area contributed by atoms with Gasteiger partial charge in [-0.1, -0.05) is 42.5 Å². The molecule has 1 aliphatic heterocycles. The average molecular weight is 340 g/mol. The Morgan fingerprint density at radius 3 is 2.72 bits per heavy atom. The van der Waals surface area contributed by atoms with Gasteiger partial charge in [-0.2, -0.15) is 0 Å². The van der Waals surface area contributed by atoms with E-state index in [0.29, 0.717) is 11.5 Å². The second-order valence-electron chi connectivity index (χ2n) is 6.93. The number of hydrogen-bond donors (Lipinski definition) is 1. The highest BCUT2D eigenvalue weighted by atomic mass is 19.1. The van der Waals surface area contributed by atoms with Crippen LogP contribution in [0.25, 0.3) is 0 Å². The van der Waals surface area contributed by atoms with E-state index >= 15 is 0 Å². The fourth-order valence-corrected chi connectivity index (χ4v) is 3.51. The van der Waals surface area contributed by atoms with Crippen LogP contribution in [0, 0.1) is 11.7 Å². The minimum Gasteiger partial charge on any atom is -0.353 e. The monoisotopic (exact) mass is 340 g/mol. The number of halogens is 1. The first-order valence-corrected chi connectivity index (χ1v) is 8.90. The normalized spacial score (nSPS) is 18.9. The van der Waals surface area contributed by atoms with Gasteiger partial charge in [-0.3, -0.25) is 9.69 Å². The molecule has 0 bridgehead atoms. The smallest absolute Gasteiger partial charge is 0.224 e. The summed E-state index contributed by atoms with van der Waals surface area (Å²) < 4.78 is 13.2. The Hall–Kier alpha value is -2.20. The standard InChI is InChI=1S/C21H25FN2O/c1-16(23-21(25)13-18-8-5-9-20(22)12-18)19-10-11-24(15-19)14-17-6-3-2-4-7-17/h2-9,12,16,19H,10-11,13-15H2,1H3,(H,23,25). The van der Waals surface area contributed by atoms with Crippen molar-refractivity contribution in [3.63, 3.8) is 0 Å². The van der Waals surface area contributed by atoms with E-state index in [-0.39, 0.29) is 24.2 Å². The molecule has 132 valence electrons. The molecule has 2 aromatic carbocycles. The first-order chi connectivity index (χ1) is 12.1. The van der Waals surface area contributed by atoms with Crippen LogP contribution in [-0.4, -0.2) is 29.9 Å². The Balaban J connectivity index is 1.47. The fourth-order valence-electron chi connectivity index (χ4n) is 3.51. The molecule has 1 saturated heterocycles. The van der Waals surface area contributed by atoms with Crippen LogP contribution in [-0.2, 0) is 17.8 Å². The minimum absolute atomic E-state index is 0.0420. The van der Waals surface area contributed by atoms with Gasteiger partial charge in [0, 0.05) is 19.1 Å². The summed E-state index contributed by atoms with van der Waals surface area (Å²) in [5.74, 6) is 0.116. The number of benzene rings is 2. The van der Waals surface area contributed by atoms with E-state index in [1.807, 2.05) is 6.07 Å². The predicted octanol–water partition coefficient (Wildman–Crippen LogP) is 3.40. The van der Waals surface area contributed by atoms with Gasteiger partial charge in [0.05, 0.1) is 6.42 Å². The topological polar surface area (TPSA) is 32.3 Å². The fraction of sp³-hybridized carbons (Fsp3) is 0.381. The van der Waals surface area contributed by atoms with Gasteiger partial charge >= 0.3 is 0 Å². The summed E-state index contributed by atoms with van der Waals surface area (Å²) in [6, 6.07) is 16.8. The Labute approximate surface area is 148 Å². The predicted molar refractivity (Wildman–Crippen MR) is 97.5 cm³/mol. The van der Waals surface area contributed by atoms with Crippen molar-refractivity contribution in [1.82, 2.24) is 10.2 Å². The van der Waals surface area contributed by atoms with Crippen molar-refractivity contribution in [2.45, 2.75) is 32.4 Å². The lowest BCUT2D eigenvalue weighted by Gasteiger charge is -2.22. The SMILES string of the molecule is CC(NC(=O)Cc1cccc(F)c1)C1CCN(Cc2ccccc2)C1. The largest absolute Gasteiger partial charge is 0.353 e. The third kappa shape index (κ3) is 5.13. The molecule has 0 aromatic heterocycles. The maximum Gasteiger partial charge on any atom is 0.224 e. The van der Waals surface area contributed by atoms with Crippen LogP contribution in [0.2, 0.25) is 0 Å². The van der Waals surface area contributed by atoms with Crippen molar-refractivity contribution in [1.29, 1.82) is 0 Å². The van der Waals surface area contributed by atoms with Gasteiger partial charge in [0.1, 0.15) is 5.82 Å². The molecule has 0 radical (unpaired) electrons. The molecule has 1 N–H and O–H groups in total. The third-order valence-corrected chi connectivity index (χ3v) is 4.91. The summed E-state index contributed by atoms with van der Waals surface area (Å²) in [5.41, 5.74) is 2.03. The Bertz CT molecular complexity index is 704. The second kappa shape index (κ2) is 8.26. The van der Waals surface area contributed by atoms with Gasteiger partial charge in [0.2, 0.25) is 5.91 Å². The summed E-state index contributed by atoms with van der Waals surface area (Å²) in [6.45, 7) is 5.08. The Morgan fingerprint density at radius 1 is 1.20 bits per heavy atom. The number of nitrogens with one attached hydrogen (secondary N) is 1. The molecule has 2 unspecified atom stereocenters. The van der Waals surface area contributed by atoms with Crippen LogP contribution in [0.4, 0.5) is 4.39 Å². The van der Waals surface area contributed by atoms with E-state index in [1.54, 1.807) is 12.1 Å². The average Bonchev–Trinajstić information content (AvgIpc) is 3.04. The van der Waals surface area contributed by atoms with Gasteiger partial charge in [-0.15, -0.1) is 0 Å². The van der Waals surface area contributed by atoms with E-state index in [4.69, 9.17) is 0 Å². The van der Waals surface area contributed by atoms with E-state index < -0.39 is 0 Å². The number of carbonyl (C=O) groups excluding carboxylic acids is 1. The van der Waals surface area contributed by atoms with Crippen LogP contribution in [0.5, 0.6) is 0 Å². The van der Waals surface area contributed by atoms with Crippen LogP contribution in [0.15, 0.2) is 54.6 Å². The highest BCUT2D eigenvalue weighted by Gasteiger charge is 2.27. The maximum absolute atomic E-state index is 13.2. The summed E-state index contributed by atoms with van der Waals surface area (Å²) >= 11 is 0. The number of carbonyl (C=O) groups is 1. The maximum atomic E-state index is 13.2. The van der Waals surface area contributed by atoms with Crippen LogP contribution in [0.1, 0.15) is 24.5 Å². The van der Waals surface area contributed by atoms with Gasteiger partial charge in [0.15, 0.2) is 0 Å². The molecule has 3 rings (SSSR count). The van der Waals surface area contributed by atoms with Gasteiger partial charge in [0.25, 0.3) is 0 Å². The quantitative estimate of drug-likeness (QED) is 0.874. The van der Waals surface area contributed by atoms with Crippen molar-refractivity contribution in [3.8, 4) is 0 Å². The second-order valence-corrected chi connectivity index (χ2v) is 6.93. The number of hydrogen-bond acceptors (Lipinski definition) is 2. The highest BCUT2D eigenvalue weighted by Crippen LogP contribution is 2.21. The molecule has 1 heterocycles. The van der Waals surface area contributed by atoms with Gasteiger partial charge < -0.3 is 5.32 Å². The number of likely N-dealkylation sites (tertiary alicyclic amines) is 1. The number of amides is 1. The molecule has 0 saturated carbocycles. The molecule has 1 fully saturated rings. The molecule has 25 heavy (non-hydrogen) atoms. The van der Waals surface area contributed by atoms with Gasteiger partial charge in [-0.25, -0.2) is 4.39 Å². The van der Waals surface area contributed by atoms with Crippen molar-refractivity contribution in [3.05, 3.63) is 71.5 Å². The molecule has 2 aromatic rings. The zero-order valence-electron chi connectivity index (χ0n) is 14.6. The minimum atomic E-state index is -0.300. The number of rotatable bonds is 6. The lowest BCUT2D eigenvalue weighted by atomic mass is 10.00. The van der Waals surface area contributed by atoms with E-state index in [9.17, 15) is 9.18 Å². The summed E-state index contributed by atoms with van der Waals surface area (Å²) in [5, 5.41) is 3.09. The molecule has 4 heteroatoms. The molecule has 0 aliphatic carbocycles. The highest BCUT2D eigenvalue weighted by molar-refractivity contribution is 5.78. The van der Waals surface area contributed by atoms with Gasteiger partial charge in [-0.05, 0) is 49.1 Å². The van der Waals surface area contributed by atoms with Crippen molar-refractivity contribution in [2.75, 3.05) is 13.1 Å². The lowest BCUT2D eigenvalue weighted by Crippen LogP contribution is -2.40. The van der Waals surface area contributed by atoms with E-state index in [2.05, 4.69) is 41.4 Å². The van der Waals surface area contributed by atoms with Crippen molar-refractivity contribution in [2.24, 2.45) is 5.92 Å². The van der Waals surface area contributed by atoms with Crippen LogP contribution in [0.3, 0.4) is 0 Å². The van der Waals surface area contributed by atoms with Crippen molar-refractivity contribution >= 4 is 5.91 Å². The zero-order chi connectivity index (χ0) is 17.6. The molecule has 1 aliphatic rings. The summed E-state index contributed by atoms with van der Waals surface area (Å²) in [4.78, 5) is 14.7. The lowest BCUT2D eigenvalue weighted by molar-refractivity contribution is -0.121. The molecule has 2 atom stereocenters. The van der Waals surface area contributed by atoms with E-state index in [1.165, 1.54) is 17.7 Å². The molecule has 0 spiro atoms. The molecular formula is C21H25FN2O. The number of nitrogens with zero attached hydrogens (tertiary/aromatic N) is 1. The Morgan fingerprint density at radius 2 is 1.96 bits per heavy atom. The first-order valence-electron chi connectivity index (χ1n) is 8.90. The summed E-state index contributed by atoms with van der Waals surface area (Å²) in [7, 11) is 0. The molecular weight excluding hydrogens is 315 g/mol. The molecule has 3 nitrogen and oxygen atoms in total. The summed E-state index contributed by atoms with van der Waals surface area (Å²) in [6.07, 6.45) is 1.32. The first kappa shape index (κ1) is 17.6. The van der Waals surface area contributed by atoms with E-state index in [0.717, 1.165) is 26.1 Å². The third-order valence-electron chi connectivity index (χ3n) is 4.91. The molecule has 1 amide bonds. The van der Waals surface area contributed by atoms with Crippen molar-refractivity contribution < 1.29 is 9.18 Å². The Kier molecular flexibility index (Phi) is 5.82. The van der Waals surface area contributed by atoms with Crippen LogP contribution >= 0.6 is 0 Å². The zero-order valence-corrected chi connectivity index (χ0v) is 14.6.